The third kappa shape index (κ3) is 6.36. The first kappa shape index (κ1) is 20.4. The van der Waals surface area contributed by atoms with Crippen molar-refractivity contribution in [2.45, 2.75) is 12.8 Å². The number of anilines is 1. The van der Waals surface area contributed by atoms with Crippen LogP contribution in [0.25, 0.3) is 0 Å². The van der Waals surface area contributed by atoms with Gasteiger partial charge in [-0.15, -0.1) is 0 Å². The summed E-state index contributed by atoms with van der Waals surface area (Å²) in [6.45, 7) is 0.606. The molecule has 0 bridgehead atoms. The van der Waals surface area contributed by atoms with Crippen LogP contribution in [0.5, 0.6) is 5.75 Å². The normalized spacial score (nSPS) is 10.2. The molecule has 0 aliphatic rings. The Labute approximate surface area is 174 Å². The van der Waals surface area contributed by atoms with E-state index in [4.69, 9.17) is 16.3 Å². The Bertz CT molecular complexity index is 959. The van der Waals surface area contributed by atoms with E-state index in [9.17, 15) is 9.59 Å². The molecule has 6 heteroatoms. The van der Waals surface area contributed by atoms with Crippen LogP contribution in [0.4, 0.5) is 10.5 Å². The minimum absolute atomic E-state index is 0.239. The van der Waals surface area contributed by atoms with Gasteiger partial charge in [0.1, 0.15) is 5.75 Å². The summed E-state index contributed by atoms with van der Waals surface area (Å²) in [5.41, 5.74) is 2.07. The van der Waals surface area contributed by atoms with Crippen molar-refractivity contribution in [3.8, 4) is 5.75 Å². The van der Waals surface area contributed by atoms with Crippen LogP contribution in [-0.2, 0) is 6.42 Å². The van der Waals surface area contributed by atoms with E-state index in [-0.39, 0.29) is 10.6 Å². The van der Waals surface area contributed by atoms with Crippen molar-refractivity contribution in [1.29, 1.82) is 0 Å². The summed E-state index contributed by atoms with van der Waals surface area (Å²) >= 11 is 5.96. The Morgan fingerprint density at radius 1 is 0.862 bits per heavy atom. The van der Waals surface area contributed by atoms with Crippen molar-refractivity contribution in [2.75, 3.05) is 11.9 Å². The van der Waals surface area contributed by atoms with Gasteiger partial charge < -0.3 is 10.1 Å². The molecule has 0 unspecified atom stereocenters. The number of aryl methyl sites for hydroxylation is 1. The van der Waals surface area contributed by atoms with Crippen LogP contribution in [0, 0.1) is 0 Å². The average molecular weight is 409 g/mol. The van der Waals surface area contributed by atoms with Crippen molar-refractivity contribution >= 4 is 29.2 Å². The molecule has 0 spiro atoms. The van der Waals surface area contributed by atoms with Gasteiger partial charge in [0.25, 0.3) is 5.91 Å². The zero-order valence-corrected chi connectivity index (χ0v) is 16.5. The molecule has 5 nitrogen and oxygen atoms in total. The molecular weight excluding hydrogens is 388 g/mol. The minimum Gasteiger partial charge on any atom is -0.494 e. The highest BCUT2D eigenvalue weighted by Crippen LogP contribution is 2.17. The molecule has 148 valence electrons. The first-order chi connectivity index (χ1) is 14.1. The van der Waals surface area contributed by atoms with Gasteiger partial charge in [0.15, 0.2) is 0 Å². The first-order valence-electron chi connectivity index (χ1n) is 9.25. The topological polar surface area (TPSA) is 67.4 Å². The standard InChI is InChI=1S/C23H21ClN2O3/c24-21-11-5-4-10-20(21)22(27)26-23(28)25-18-12-14-19(15-13-18)29-16-6-9-17-7-2-1-3-8-17/h1-5,7-8,10-15H,6,9,16H2,(H2,25,26,27,28). The predicted octanol–water partition coefficient (Wildman–Crippen LogP) is 5.31. The number of rotatable bonds is 7. The average Bonchev–Trinajstić information content (AvgIpc) is 2.73. The fourth-order valence-electron chi connectivity index (χ4n) is 2.72. The summed E-state index contributed by atoms with van der Waals surface area (Å²) in [7, 11) is 0. The van der Waals surface area contributed by atoms with Crippen LogP contribution >= 0.6 is 11.6 Å². The largest absolute Gasteiger partial charge is 0.494 e. The SMILES string of the molecule is O=C(NC(=O)c1ccccc1Cl)Nc1ccc(OCCCc2ccccc2)cc1. The Morgan fingerprint density at radius 3 is 2.28 bits per heavy atom. The summed E-state index contributed by atoms with van der Waals surface area (Å²) < 4.78 is 5.73. The molecule has 3 rings (SSSR count). The van der Waals surface area contributed by atoms with Crippen molar-refractivity contribution in [3.63, 3.8) is 0 Å². The number of amides is 3. The summed E-state index contributed by atoms with van der Waals surface area (Å²) in [6, 6.07) is 23.1. The summed E-state index contributed by atoms with van der Waals surface area (Å²) in [4.78, 5) is 24.1. The molecule has 0 radical (unpaired) electrons. The molecule has 0 heterocycles. The number of benzene rings is 3. The van der Waals surface area contributed by atoms with E-state index in [1.165, 1.54) is 5.56 Å². The maximum absolute atomic E-state index is 12.1. The Kier molecular flexibility index (Phi) is 7.25. The minimum atomic E-state index is -0.633. The number of carbonyl (C=O) groups is 2. The first-order valence-corrected chi connectivity index (χ1v) is 9.63. The summed E-state index contributed by atoms with van der Waals surface area (Å²) in [5, 5.41) is 5.15. The molecule has 29 heavy (non-hydrogen) atoms. The number of hydrogen-bond acceptors (Lipinski definition) is 3. The van der Waals surface area contributed by atoms with Crippen molar-refractivity contribution in [3.05, 3.63) is 95.0 Å². The smallest absolute Gasteiger partial charge is 0.326 e. The molecule has 3 aromatic rings. The lowest BCUT2D eigenvalue weighted by atomic mass is 10.1. The van der Waals surface area contributed by atoms with Gasteiger partial charge >= 0.3 is 6.03 Å². The second-order valence-electron chi connectivity index (χ2n) is 6.35. The maximum Gasteiger partial charge on any atom is 0.326 e. The number of nitrogens with one attached hydrogen (secondary N) is 2. The fraction of sp³-hybridized carbons (Fsp3) is 0.130. The van der Waals surface area contributed by atoms with E-state index in [2.05, 4.69) is 22.8 Å². The maximum atomic E-state index is 12.1. The van der Waals surface area contributed by atoms with Gasteiger partial charge in [0.05, 0.1) is 17.2 Å². The van der Waals surface area contributed by atoms with Crippen LogP contribution in [0.1, 0.15) is 22.3 Å². The number of carbonyl (C=O) groups excluding carboxylic acids is 2. The fourth-order valence-corrected chi connectivity index (χ4v) is 2.95. The summed E-state index contributed by atoms with van der Waals surface area (Å²) in [5.74, 6) is 0.155. The van der Waals surface area contributed by atoms with E-state index >= 15 is 0 Å². The highest BCUT2D eigenvalue weighted by atomic mass is 35.5. The number of urea groups is 1. The molecule has 3 amide bonds. The third-order valence-electron chi connectivity index (χ3n) is 4.18. The Balaban J connectivity index is 1.43. The predicted molar refractivity (Wildman–Crippen MR) is 115 cm³/mol. The van der Waals surface area contributed by atoms with Gasteiger partial charge in [0, 0.05) is 5.69 Å². The second kappa shape index (κ2) is 10.3. The van der Waals surface area contributed by atoms with Crippen LogP contribution in [0.3, 0.4) is 0 Å². The molecule has 0 aliphatic heterocycles. The molecule has 0 saturated heterocycles. The lowest BCUT2D eigenvalue weighted by Crippen LogP contribution is -2.34. The van der Waals surface area contributed by atoms with Gasteiger partial charge in [-0.2, -0.15) is 0 Å². The monoisotopic (exact) mass is 408 g/mol. The highest BCUT2D eigenvalue weighted by Gasteiger charge is 2.13. The zero-order valence-electron chi connectivity index (χ0n) is 15.7. The highest BCUT2D eigenvalue weighted by molar-refractivity contribution is 6.34. The van der Waals surface area contributed by atoms with Crippen molar-refractivity contribution < 1.29 is 14.3 Å². The van der Waals surface area contributed by atoms with Crippen molar-refractivity contribution in [2.24, 2.45) is 0 Å². The van der Waals surface area contributed by atoms with Gasteiger partial charge in [0.2, 0.25) is 0 Å². The van der Waals surface area contributed by atoms with Gasteiger partial charge in [-0.1, -0.05) is 54.1 Å². The molecule has 0 atom stereocenters. The number of imide groups is 1. The summed E-state index contributed by atoms with van der Waals surface area (Å²) in [6.07, 6.45) is 1.87. The van der Waals surface area contributed by atoms with Crippen LogP contribution in [-0.4, -0.2) is 18.5 Å². The van der Waals surface area contributed by atoms with E-state index in [0.29, 0.717) is 12.3 Å². The molecule has 0 aliphatic carbocycles. The number of halogens is 1. The molecule has 0 fully saturated rings. The molecule has 0 saturated carbocycles. The van der Waals surface area contributed by atoms with Crippen LogP contribution < -0.4 is 15.4 Å². The van der Waals surface area contributed by atoms with E-state index in [1.54, 1.807) is 48.5 Å². The molecule has 3 aromatic carbocycles. The lowest BCUT2D eigenvalue weighted by Gasteiger charge is -2.09. The number of hydrogen-bond donors (Lipinski definition) is 2. The van der Waals surface area contributed by atoms with Crippen molar-refractivity contribution in [1.82, 2.24) is 5.32 Å². The van der Waals surface area contributed by atoms with Gasteiger partial charge in [-0.05, 0) is 54.8 Å². The number of ether oxygens (including phenoxy) is 1. The van der Waals surface area contributed by atoms with E-state index in [0.717, 1.165) is 18.6 Å². The van der Waals surface area contributed by atoms with Crippen LogP contribution in [0.15, 0.2) is 78.9 Å². The van der Waals surface area contributed by atoms with E-state index in [1.807, 2.05) is 18.2 Å². The molecule has 2 N–H and O–H groups in total. The quantitative estimate of drug-likeness (QED) is 0.520. The van der Waals surface area contributed by atoms with E-state index < -0.39 is 11.9 Å². The van der Waals surface area contributed by atoms with Gasteiger partial charge in [-0.25, -0.2) is 4.79 Å². The second-order valence-corrected chi connectivity index (χ2v) is 6.76. The lowest BCUT2D eigenvalue weighted by molar-refractivity contribution is 0.0967. The third-order valence-corrected chi connectivity index (χ3v) is 4.51. The Morgan fingerprint density at radius 2 is 1.55 bits per heavy atom. The zero-order chi connectivity index (χ0) is 20.5. The Hall–Kier alpha value is -3.31. The van der Waals surface area contributed by atoms with Crippen LogP contribution in [0.2, 0.25) is 5.02 Å². The molecular formula is C23H21ClN2O3. The molecule has 0 aromatic heterocycles. The van der Waals surface area contributed by atoms with Gasteiger partial charge in [-0.3, -0.25) is 10.1 Å².